The molecule has 0 saturated carbocycles. The van der Waals surface area contributed by atoms with Crippen LogP contribution in [0.15, 0.2) is 30.3 Å². The Hall–Kier alpha value is -1.00. The molecular formula is C9H9ClO3S. The summed E-state index contributed by atoms with van der Waals surface area (Å²) in [5.41, 5.74) is 0.563. The third kappa shape index (κ3) is 3.81. The fourth-order valence-corrected chi connectivity index (χ4v) is 1.46. The lowest BCUT2D eigenvalue weighted by Crippen LogP contribution is -1.91. The second-order valence-electron chi connectivity index (χ2n) is 2.67. The number of hydrogen-bond donors (Lipinski definition) is 1. The van der Waals surface area contributed by atoms with Crippen molar-refractivity contribution in [1.29, 1.82) is 0 Å². The molecule has 5 heteroatoms. The monoisotopic (exact) mass is 232 g/mol. The maximum atomic E-state index is 10.6. The summed E-state index contributed by atoms with van der Waals surface area (Å²) in [7, 11) is 1.49. The number of rotatable bonds is 3. The molecule has 0 fully saturated rings. The largest absolute Gasteiger partial charge is 0.507 e. The lowest BCUT2D eigenvalue weighted by molar-refractivity contribution is 0.474. The van der Waals surface area contributed by atoms with Gasteiger partial charge in [-0.2, -0.15) is 0 Å². The van der Waals surface area contributed by atoms with Gasteiger partial charge in [0, 0.05) is 16.2 Å². The van der Waals surface area contributed by atoms with E-state index in [1.54, 1.807) is 18.2 Å². The van der Waals surface area contributed by atoms with E-state index in [0.717, 1.165) is 0 Å². The maximum absolute atomic E-state index is 10.6. The molecule has 0 atom stereocenters. The molecule has 1 aromatic rings. The Kier molecular flexibility index (Phi) is 3.55. The lowest BCUT2D eigenvalue weighted by atomic mass is 10.2. The van der Waals surface area contributed by atoms with E-state index in [1.165, 1.54) is 18.2 Å². The molecule has 3 nitrogen and oxygen atoms in total. The second kappa shape index (κ2) is 4.48. The lowest BCUT2D eigenvalue weighted by Gasteiger charge is -1.96. The summed E-state index contributed by atoms with van der Waals surface area (Å²) in [6.07, 6.45) is 2.90. The van der Waals surface area contributed by atoms with Crippen molar-refractivity contribution >= 4 is 25.8 Å². The van der Waals surface area contributed by atoms with Gasteiger partial charge < -0.3 is 5.11 Å². The van der Waals surface area contributed by atoms with Crippen molar-refractivity contribution in [1.82, 2.24) is 0 Å². The zero-order valence-corrected chi connectivity index (χ0v) is 8.79. The van der Waals surface area contributed by atoms with Crippen LogP contribution in [0.1, 0.15) is 5.56 Å². The van der Waals surface area contributed by atoms with Crippen molar-refractivity contribution < 1.29 is 13.5 Å². The molecular weight excluding hydrogens is 224 g/mol. The first-order valence-electron chi connectivity index (χ1n) is 3.86. The molecule has 1 rings (SSSR count). The van der Waals surface area contributed by atoms with Crippen LogP contribution in [0.4, 0.5) is 0 Å². The van der Waals surface area contributed by atoms with E-state index in [-0.39, 0.29) is 11.5 Å². The Morgan fingerprint density at radius 3 is 2.57 bits per heavy atom. The first-order chi connectivity index (χ1) is 6.49. The van der Waals surface area contributed by atoms with E-state index in [4.69, 9.17) is 10.7 Å². The highest BCUT2D eigenvalue weighted by Crippen LogP contribution is 2.17. The standard InChI is InChI=1S/C9H9ClO3S/c10-14(12,13)7-3-5-8-4-1-2-6-9(8)11/h1-6,11H,7H2/b5-3+. The fourth-order valence-electron chi connectivity index (χ4n) is 0.918. The second-order valence-corrected chi connectivity index (χ2v) is 5.49. The number of para-hydroxylation sites is 1. The predicted molar refractivity (Wildman–Crippen MR) is 56.8 cm³/mol. The Labute approximate surface area is 87.1 Å². The van der Waals surface area contributed by atoms with Crippen molar-refractivity contribution in [3.05, 3.63) is 35.9 Å². The van der Waals surface area contributed by atoms with Crippen molar-refractivity contribution in [3.63, 3.8) is 0 Å². The van der Waals surface area contributed by atoms with Crippen LogP contribution in [0.3, 0.4) is 0 Å². The first kappa shape index (κ1) is 11.1. The summed E-state index contributed by atoms with van der Waals surface area (Å²) < 4.78 is 21.1. The number of benzene rings is 1. The van der Waals surface area contributed by atoms with Gasteiger partial charge in [-0.05, 0) is 6.07 Å². The van der Waals surface area contributed by atoms with Crippen LogP contribution in [0.2, 0.25) is 0 Å². The molecule has 1 aromatic carbocycles. The van der Waals surface area contributed by atoms with Crippen molar-refractivity contribution in [2.45, 2.75) is 0 Å². The Bertz CT molecular complexity index is 437. The van der Waals surface area contributed by atoms with Gasteiger partial charge in [0.15, 0.2) is 0 Å². The predicted octanol–water partition coefficient (Wildman–Crippen LogP) is 1.97. The number of aromatic hydroxyl groups is 1. The van der Waals surface area contributed by atoms with E-state index in [2.05, 4.69) is 0 Å². The van der Waals surface area contributed by atoms with Gasteiger partial charge >= 0.3 is 0 Å². The smallest absolute Gasteiger partial charge is 0.236 e. The molecule has 0 radical (unpaired) electrons. The molecule has 14 heavy (non-hydrogen) atoms. The third-order valence-corrected chi connectivity index (χ3v) is 2.50. The molecule has 0 bridgehead atoms. The van der Waals surface area contributed by atoms with E-state index < -0.39 is 9.05 Å². The highest BCUT2D eigenvalue weighted by Gasteiger charge is 2.00. The molecule has 0 heterocycles. The van der Waals surface area contributed by atoms with Gasteiger partial charge in [0.25, 0.3) is 0 Å². The van der Waals surface area contributed by atoms with E-state index in [1.807, 2.05) is 0 Å². The van der Waals surface area contributed by atoms with Crippen LogP contribution in [0, 0.1) is 0 Å². The van der Waals surface area contributed by atoms with Crippen LogP contribution in [-0.2, 0) is 9.05 Å². The minimum Gasteiger partial charge on any atom is -0.507 e. The van der Waals surface area contributed by atoms with Gasteiger partial charge in [-0.15, -0.1) is 0 Å². The Balaban J connectivity index is 2.75. The first-order valence-corrected chi connectivity index (χ1v) is 6.34. The fraction of sp³-hybridized carbons (Fsp3) is 0.111. The summed E-state index contributed by atoms with van der Waals surface area (Å²) in [5.74, 6) is -0.140. The quantitative estimate of drug-likeness (QED) is 0.811. The molecule has 0 amide bonds. The van der Waals surface area contributed by atoms with Gasteiger partial charge in [0.1, 0.15) is 5.75 Å². The normalized spacial score (nSPS) is 12.1. The Morgan fingerprint density at radius 2 is 2.00 bits per heavy atom. The van der Waals surface area contributed by atoms with Crippen LogP contribution >= 0.6 is 10.7 Å². The number of halogens is 1. The average molecular weight is 233 g/mol. The maximum Gasteiger partial charge on any atom is 0.236 e. The molecule has 0 spiro atoms. The van der Waals surface area contributed by atoms with Crippen molar-refractivity contribution in [2.24, 2.45) is 0 Å². The highest BCUT2D eigenvalue weighted by atomic mass is 35.7. The van der Waals surface area contributed by atoms with Crippen molar-refractivity contribution in [2.75, 3.05) is 5.75 Å². The number of phenols is 1. The van der Waals surface area contributed by atoms with Crippen LogP contribution in [-0.4, -0.2) is 19.3 Å². The van der Waals surface area contributed by atoms with E-state index in [9.17, 15) is 13.5 Å². The summed E-state index contributed by atoms with van der Waals surface area (Å²) in [6.45, 7) is 0. The summed E-state index contributed by atoms with van der Waals surface area (Å²) >= 11 is 0. The third-order valence-electron chi connectivity index (χ3n) is 1.53. The molecule has 0 saturated heterocycles. The molecule has 0 aliphatic rings. The van der Waals surface area contributed by atoms with Gasteiger partial charge in [-0.25, -0.2) is 8.42 Å². The van der Waals surface area contributed by atoms with E-state index >= 15 is 0 Å². The zero-order valence-electron chi connectivity index (χ0n) is 7.22. The highest BCUT2D eigenvalue weighted by molar-refractivity contribution is 8.13. The SMILES string of the molecule is O=S(=O)(Cl)C/C=C/c1ccccc1O. The molecule has 0 aliphatic heterocycles. The van der Waals surface area contributed by atoms with E-state index in [0.29, 0.717) is 5.56 Å². The number of hydrogen-bond acceptors (Lipinski definition) is 3. The summed E-state index contributed by atoms with van der Waals surface area (Å²) in [4.78, 5) is 0. The summed E-state index contributed by atoms with van der Waals surface area (Å²) in [5, 5.41) is 9.31. The molecule has 76 valence electrons. The van der Waals surface area contributed by atoms with Gasteiger partial charge in [-0.3, -0.25) is 0 Å². The Morgan fingerprint density at radius 1 is 1.36 bits per heavy atom. The van der Waals surface area contributed by atoms with Crippen molar-refractivity contribution in [3.8, 4) is 5.75 Å². The van der Waals surface area contributed by atoms with Gasteiger partial charge in [-0.1, -0.05) is 30.4 Å². The number of phenolic OH excluding ortho intramolecular Hbond substituents is 1. The topological polar surface area (TPSA) is 54.4 Å². The minimum absolute atomic E-state index is 0.107. The molecule has 0 unspecified atom stereocenters. The zero-order chi connectivity index (χ0) is 10.6. The van der Waals surface area contributed by atoms with Crippen LogP contribution < -0.4 is 0 Å². The molecule has 0 aromatic heterocycles. The summed E-state index contributed by atoms with van der Waals surface area (Å²) in [6, 6.07) is 6.63. The average Bonchev–Trinajstić information content (AvgIpc) is 2.06. The van der Waals surface area contributed by atoms with Gasteiger partial charge in [0.05, 0.1) is 5.75 Å². The molecule has 0 aliphatic carbocycles. The van der Waals surface area contributed by atoms with Crippen LogP contribution in [0.5, 0.6) is 5.75 Å². The molecule has 1 N–H and O–H groups in total. The van der Waals surface area contributed by atoms with Gasteiger partial charge in [0.2, 0.25) is 9.05 Å². The minimum atomic E-state index is -3.50. The van der Waals surface area contributed by atoms with Crippen LogP contribution in [0.25, 0.3) is 6.08 Å².